The van der Waals surface area contributed by atoms with Crippen molar-refractivity contribution in [2.24, 2.45) is 0 Å². The van der Waals surface area contributed by atoms with E-state index in [2.05, 4.69) is 0 Å². The van der Waals surface area contributed by atoms with E-state index in [1.54, 1.807) is 18.2 Å². The van der Waals surface area contributed by atoms with Gasteiger partial charge in [-0.25, -0.2) is 4.79 Å². The number of aliphatic hydroxyl groups is 1. The zero-order valence-corrected chi connectivity index (χ0v) is 12.6. The lowest BCUT2D eigenvalue weighted by Crippen LogP contribution is -2.15. The molecule has 1 N–H and O–H groups in total. The fraction of sp³-hybridized carbons (Fsp3) is 0.222. The Morgan fingerprint density at radius 1 is 1.22 bits per heavy atom. The van der Waals surface area contributed by atoms with Crippen molar-refractivity contribution in [3.05, 3.63) is 69.8 Å². The molecule has 1 aliphatic rings. The molecule has 2 aromatic carbocycles. The Balaban J connectivity index is 1.97. The minimum atomic E-state index is -0.735. The Morgan fingerprint density at radius 3 is 2.61 bits per heavy atom. The van der Waals surface area contributed by atoms with E-state index < -0.39 is 12.1 Å². The van der Waals surface area contributed by atoms with Gasteiger partial charge in [0.1, 0.15) is 12.7 Å². The highest BCUT2D eigenvalue weighted by molar-refractivity contribution is 5.89. The number of ether oxygens (including phenoxy) is 2. The first-order valence-corrected chi connectivity index (χ1v) is 7.20. The number of carbonyl (C=O) groups excluding carboxylic acids is 2. The second kappa shape index (κ2) is 6.22. The van der Waals surface area contributed by atoms with Gasteiger partial charge in [-0.15, -0.1) is 0 Å². The average Bonchev–Trinajstić information content (AvgIpc) is 2.58. The number of carbonyl (C=O) groups is 2. The third-order valence-electron chi connectivity index (χ3n) is 4.06. The van der Waals surface area contributed by atoms with Crippen LogP contribution in [0.25, 0.3) is 0 Å². The van der Waals surface area contributed by atoms with Crippen LogP contribution in [0.3, 0.4) is 0 Å². The number of fused-ring (bicyclic) bond motifs is 2. The van der Waals surface area contributed by atoms with Crippen molar-refractivity contribution in [1.29, 1.82) is 0 Å². The first-order valence-electron chi connectivity index (χ1n) is 7.20. The summed E-state index contributed by atoms with van der Waals surface area (Å²) in [6.45, 7) is 0.605. The van der Waals surface area contributed by atoms with Crippen LogP contribution in [0.4, 0.5) is 0 Å². The second-order valence-corrected chi connectivity index (χ2v) is 5.42. The van der Waals surface area contributed by atoms with Crippen LogP contribution in [0.5, 0.6) is 0 Å². The molecule has 0 radical (unpaired) electrons. The lowest BCUT2D eigenvalue weighted by molar-refractivity contribution is -0.129. The molecule has 2 aromatic rings. The van der Waals surface area contributed by atoms with Crippen LogP contribution in [0.1, 0.15) is 44.3 Å². The van der Waals surface area contributed by atoms with Crippen molar-refractivity contribution in [2.75, 3.05) is 7.11 Å². The van der Waals surface area contributed by atoms with Crippen LogP contribution in [0.2, 0.25) is 0 Å². The summed E-state index contributed by atoms with van der Waals surface area (Å²) >= 11 is 0. The molecule has 0 saturated heterocycles. The second-order valence-electron chi connectivity index (χ2n) is 5.42. The number of hydrogen-bond donors (Lipinski definition) is 1. The lowest BCUT2D eigenvalue weighted by Gasteiger charge is -2.25. The van der Waals surface area contributed by atoms with Gasteiger partial charge in [0.15, 0.2) is 0 Å². The van der Waals surface area contributed by atoms with Crippen molar-refractivity contribution in [3.63, 3.8) is 0 Å². The Morgan fingerprint density at radius 2 is 1.91 bits per heavy atom. The number of rotatable bonds is 4. The normalized spacial score (nSPS) is 15.3. The molecule has 118 valence electrons. The van der Waals surface area contributed by atoms with Crippen LogP contribution in [0.15, 0.2) is 36.4 Å². The molecule has 0 spiro atoms. The highest BCUT2D eigenvalue weighted by Gasteiger charge is 2.25. The van der Waals surface area contributed by atoms with Gasteiger partial charge in [0, 0.05) is 0 Å². The fourth-order valence-corrected chi connectivity index (χ4v) is 2.94. The maximum atomic E-state index is 11.7. The minimum Gasteiger partial charge on any atom is -0.465 e. The van der Waals surface area contributed by atoms with E-state index in [4.69, 9.17) is 9.47 Å². The Kier molecular flexibility index (Phi) is 4.12. The number of esters is 1. The third-order valence-corrected chi connectivity index (χ3v) is 4.06. The van der Waals surface area contributed by atoms with Gasteiger partial charge < -0.3 is 14.6 Å². The van der Waals surface area contributed by atoms with Gasteiger partial charge >= 0.3 is 5.97 Å². The van der Waals surface area contributed by atoms with Crippen molar-refractivity contribution in [3.8, 4) is 0 Å². The molecule has 5 heteroatoms. The van der Waals surface area contributed by atoms with Gasteiger partial charge in [-0.05, 0) is 46.4 Å². The monoisotopic (exact) mass is 312 g/mol. The van der Waals surface area contributed by atoms with E-state index in [1.807, 2.05) is 18.2 Å². The first kappa shape index (κ1) is 15.2. The van der Waals surface area contributed by atoms with Gasteiger partial charge in [0.05, 0.1) is 12.7 Å². The molecule has 0 amide bonds. The Hall–Kier alpha value is -2.66. The topological polar surface area (TPSA) is 72.8 Å². The van der Waals surface area contributed by atoms with Crippen LogP contribution in [-0.4, -0.2) is 24.7 Å². The van der Waals surface area contributed by atoms with E-state index in [9.17, 15) is 14.7 Å². The van der Waals surface area contributed by atoms with Crippen molar-refractivity contribution in [2.45, 2.75) is 19.1 Å². The predicted octanol–water partition coefficient (Wildman–Crippen LogP) is 2.13. The number of aliphatic hydroxyl groups excluding tert-OH is 1. The molecule has 0 bridgehead atoms. The zero-order chi connectivity index (χ0) is 16.4. The minimum absolute atomic E-state index is 0.196. The third kappa shape index (κ3) is 2.83. The molecular weight excluding hydrogens is 296 g/mol. The van der Waals surface area contributed by atoms with E-state index in [0.717, 1.165) is 27.8 Å². The number of hydrogen-bond acceptors (Lipinski definition) is 5. The molecule has 0 heterocycles. The maximum absolute atomic E-state index is 11.7. The number of benzene rings is 2. The Labute approximate surface area is 133 Å². The molecule has 0 saturated carbocycles. The molecule has 0 fully saturated rings. The molecule has 1 unspecified atom stereocenters. The van der Waals surface area contributed by atoms with Crippen LogP contribution in [0, 0.1) is 0 Å². The molecular formula is C18H16O5. The van der Waals surface area contributed by atoms with Gasteiger partial charge in [-0.3, -0.25) is 4.79 Å². The van der Waals surface area contributed by atoms with Crippen LogP contribution in [-0.2, 0) is 27.3 Å². The summed E-state index contributed by atoms with van der Waals surface area (Å²) in [5, 5.41) is 10.6. The van der Waals surface area contributed by atoms with Crippen molar-refractivity contribution in [1.82, 2.24) is 0 Å². The standard InChI is InChI=1S/C18H16O5/c1-22-18(21)12-3-5-16-14(7-12)8-13-6-11(9-23-10-19)2-4-15(13)17(16)20/h2-7,10,17,20H,8-9H2,1H3. The van der Waals surface area contributed by atoms with E-state index >= 15 is 0 Å². The average molecular weight is 312 g/mol. The largest absolute Gasteiger partial charge is 0.465 e. The number of methoxy groups -OCH3 is 1. The quantitative estimate of drug-likeness (QED) is 0.691. The van der Waals surface area contributed by atoms with E-state index in [1.165, 1.54) is 7.11 Å². The summed E-state index contributed by atoms with van der Waals surface area (Å²) in [5.41, 5.74) is 4.79. The lowest BCUT2D eigenvalue weighted by atomic mass is 9.82. The summed E-state index contributed by atoms with van der Waals surface area (Å²) in [6.07, 6.45) is -0.136. The molecule has 1 aliphatic carbocycles. The molecule has 3 rings (SSSR count). The SMILES string of the molecule is COC(=O)c1ccc2c(c1)Cc1cc(COC=O)ccc1C2O. The summed E-state index contributed by atoms with van der Waals surface area (Å²) in [6, 6.07) is 10.8. The highest BCUT2D eigenvalue weighted by atomic mass is 16.5. The van der Waals surface area contributed by atoms with Gasteiger partial charge in [-0.1, -0.05) is 24.3 Å². The van der Waals surface area contributed by atoms with Crippen molar-refractivity contribution >= 4 is 12.4 Å². The molecule has 5 nitrogen and oxygen atoms in total. The summed E-state index contributed by atoms with van der Waals surface area (Å²) < 4.78 is 9.50. The summed E-state index contributed by atoms with van der Waals surface area (Å²) in [7, 11) is 1.34. The summed E-state index contributed by atoms with van der Waals surface area (Å²) in [4.78, 5) is 22.0. The van der Waals surface area contributed by atoms with Crippen LogP contribution >= 0.6 is 0 Å². The first-order chi connectivity index (χ1) is 11.1. The van der Waals surface area contributed by atoms with Gasteiger partial charge in [-0.2, -0.15) is 0 Å². The zero-order valence-electron chi connectivity index (χ0n) is 12.6. The summed E-state index contributed by atoms with van der Waals surface area (Å²) in [5.74, 6) is -0.402. The fourth-order valence-electron chi connectivity index (χ4n) is 2.94. The van der Waals surface area contributed by atoms with E-state index in [-0.39, 0.29) is 6.61 Å². The molecule has 23 heavy (non-hydrogen) atoms. The molecule has 0 aliphatic heterocycles. The van der Waals surface area contributed by atoms with E-state index in [0.29, 0.717) is 18.5 Å². The smallest absolute Gasteiger partial charge is 0.337 e. The maximum Gasteiger partial charge on any atom is 0.337 e. The van der Waals surface area contributed by atoms with Crippen LogP contribution < -0.4 is 0 Å². The predicted molar refractivity (Wildman–Crippen MR) is 81.9 cm³/mol. The van der Waals surface area contributed by atoms with Crippen molar-refractivity contribution < 1.29 is 24.2 Å². The van der Waals surface area contributed by atoms with Gasteiger partial charge in [0.25, 0.3) is 6.47 Å². The Bertz CT molecular complexity index is 766. The highest BCUT2D eigenvalue weighted by Crippen LogP contribution is 2.35. The molecule has 0 aromatic heterocycles. The van der Waals surface area contributed by atoms with Gasteiger partial charge in [0.2, 0.25) is 0 Å². The molecule has 1 atom stereocenters.